The predicted molar refractivity (Wildman–Crippen MR) is 151 cm³/mol. The Hall–Kier alpha value is -1.40. The molecule has 6 nitrogen and oxygen atoms in total. The highest BCUT2D eigenvalue weighted by Gasteiger charge is 2.18. The number of rotatable bonds is 27. The summed E-state index contributed by atoms with van der Waals surface area (Å²) < 4.78 is 10.6. The van der Waals surface area contributed by atoms with Gasteiger partial charge in [0.25, 0.3) is 0 Å². The summed E-state index contributed by atoms with van der Waals surface area (Å²) in [5, 5.41) is 18.9. The number of carbonyl (C=O) groups is 2. The SMILES string of the molecule is CCCCCCCCCCCCOC(=O)/C=C(\CC(O)CO)C(=O)OCCCCCCCCCCCC. The van der Waals surface area contributed by atoms with E-state index in [4.69, 9.17) is 14.6 Å². The molecule has 1 atom stereocenters. The second-order valence-corrected chi connectivity index (χ2v) is 10.4. The van der Waals surface area contributed by atoms with Gasteiger partial charge < -0.3 is 19.7 Å². The number of carbonyl (C=O) groups excluding carboxylic acids is 2. The van der Waals surface area contributed by atoms with Crippen LogP contribution in [-0.2, 0) is 19.1 Å². The molecule has 0 heterocycles. The van der Waals surface area contributed by atoms with Crippen molar-refractivity contribution in [1.29, 1.82) is 0 Å². The standard InChI is InChI=1S/C31H58O6/c1-3-5-7-9-11-13-15-17-19-21-23-36-30(34)26-28(25-29(33)27-32)31(35)37-24-22-20-18-16-14-12-10-8-6-4-2/h26,29,32-33H,3-25,27H2,1-2H3/b28-26+. The van der Waals surface area contributed by atoms with E-state index in [2.05, 4.69) is 13.8 Å². The first-order valence-electron chi connectivity index (χ1n) is 15.4. The number of esters is 2. The van der Waals surface area contributed by atoms with Gasteiger partial charge in [0, 0.05) is 18.1 Å². The van der Waals surface area contributed by atoms with E-state index in [1.807, 2.05) is 0 Å². The van der Waals surface area contributed by atoms with Crippen molar-refractivity contribution in [2.45, 2.75) is 155 Å². The molecule has 0 aliphatic rings. The van der Waals surface area contributed by atoms with Crippen molar-refractivity contribution in [2.75, 3.05) is 19.8 Å². The normalized spacial score (nSPS) is 12.5. The lowest BCUT2D eigenvalue weighted by atomic mass is 10.1. The molecule has 0 aromatic carbocycles. The van der Waals surface area contributed by atoms with Crippen LogP contribution in [0.4, 0.5) is 0 Å². The maximum Gasteiger partial charge on any atom is 0.334 e. The van der Waals surface area contributed by atoms with E-state index < -0.39 is 24.6 Å². The molecular weight excluding hydrogens is 468 g/mol. The summed E-state index contributed by atoms with van der Waals surface area (Å²) in [5.74, 6) is -1.23. The van der Waals surface area contributed by atoms with Crippen LogP contribution in [0.1, 0.15) is 149 Å². The van der Waals surface area contributed by atoms with Crippen molar-refractivity contribution in [3.8, 4) is 0 Å². The maximum absolute atomic E-state index is 12.5. The van der Waals surface area contributed by atoms with E-state index >= 15 is 0 Å². The van der Waals surface area contributed by atoms with Gasteiger partial charge in [-0.2, -0.15) is 0 Å². The summed E-state index contributed by atoms with van der Waals surface area (Å²) in [7, 11) is 0. The van der Waals surface area contributed by atoms with Crippen molar-refractivity contribution >= 4 is 11.9 Å². The zero-order valence-corrected chi connectivity index (χ0v) is 24.2. The highest BCUT2D eigenvalue weighted by molar-refractivity contribution is 5.96. The van der Waals surface area contributed by atoms with Gasteiger partial charge in [0.2, 0.25) is 0 Å². The zero-order valence-electron chi connectivity index (χ0n) is 24.2. The molecular formula is C31H58O6. The highest BCUT2D eigenvalue weighted by atomic mass is 16.5. The molecule has 37 heavy (non-hydrogen) atoms. The van der Waals surface area contributed by atoms with E-state index in [1.54, 1.807) is 0 Å². The quantitative estimate of drug-likeness (QED) is 0.0651. The maximum atomic E-state index is 12.5. The Morgan fingerprint density at radius 2 is 1.00 bits per heavy atom. The Kier molecular flexibility index (Phi) is 26.6. The number of ether oxygens (including phenoxy) is 2. The highest BCUT2D eigenvalue weighted by Crippen LogP contribution is 2.13. The Morgan fingerprint density at radius 3 is 1.41 bits per heavy atom. The van der Waals surface area contributed by atoms with Gasteiger partial charge in [0.1, 0.15) is 0 Å². The van der Waals surface area contributed by atoms with Crippen LogP contribution in [0.25, 0.3) is 0 Å². The number of aliphatic hydroxyl groups excluding tert-OH is 2. The predicted octanol–water partition coefficient (Wildman–Crippen LogP) is 7.58. The fraction of sp³-hybridized carbons (Fsp3) is 0.871. The van der Waals surface area contributed by atoms with E-state index in [0.29, 0.717) is 6.61 Å². The minimum atomic E-state index is -1.12. The van der Waals surface area contributed by atoms with Crippen molar-refractivity contribution in [3.63, 3.8) is 0 Å². The molecule has 1 unspecified atom stereocenters. The first kappa shape index (κ1) is 35.6. The number of aliphatic hydroxyl groups is 2. The van der Waals surface area contributed by atoms with Gasteiger partial charge >= 0.3 is 11.9 Å². The van der Waals surface area contributed by atoms with E-state index in [0.717, 1.165) is 44.6 Å². The Bertz CT molecular complexity index is 560. The molecule has 0 fully saturated rings. The molecule has 0 saturated heterocycles. The second-order valence-electron chi connectivity index (χ2n) is 10.4. The second kappa shape index (κ2) is 27.6. The van der Waals surface area contributed by atoms with Crippen LogP contribution in [0.2, 0.25) is 0 Å². The summed E-state index contributed by atoms with van der Waals surface area (Å²) >= 11 is 0. The van der Waals surface area contributed by atoms with Crippen LogP contribution >= 0.6 is 0 Å². The summed E-state index contributed by atoms with van der Waals surface area (Å²) in [6.07, 6.45) is 23.8. The Balaban J connectivity index is 4.08. The number of hydrogen-bond donors (Lipinski definition) is 2. The van der Waals surface area contributed by atoms with Crippen LogP contribution in [0, 0.1) is 0 Å². The van der Waals surface area contributed by atoms with E-state index in [1.165, 1.54) is 89.9 Å². The summed E-state index contributed by atoms with van der Waals surface area (Å²) in [4.78, 5) is 24.7. The third kappa shape index (κ3) is 24.7. The lowest BCUT2D eigenvalue weighted by Crippen LogP contribution is -2.19. The third-order valence-corrected chi connectivity index (χ3v) is 6.69. The van der Waals surface area contributed by atoms with Crippen molar-refractivity contribution in [1.82, 2.24) is 0 Å². The molecule has 0 amide bonds. The van der Waals surface area contributed by atoms with Gasteiger partial charge in [-0.3, -0.25) is 0 Å². The van der Waals surface area contributed by atoms with Crippen LogP contribution in [0.15, 0.2) is 11.6 Å². The van der Waals surface area contributed by atoms with E-state index in [9.17, 15) is 14.7 Å². The minimum Gasteiger partial charge on any atom is -0.463 e. The molecule has 218 valence electrons. The molecule has 0 bridgehead atoms. The number of unbranched alkanes of at least 4 members (excludes halogenated alkanes) is 18. The smallest absolute Gasteiger partial charge is 0.334 e. The monoisotopic (exact) mass is 526 g/mol. The van der Waals surface area contributed by atoms with Crippen LogP contribution in [-0.4, -0.2) is 48.1 Å². The first-order chi connectivity index (χ1) is 18.0. The van der Waals surface area contributed by atoms with Crippen LogP contribution in [0.3, 0.4) is 0 Å². The molecule has 0 radical (unpaired) electrons. The number of hydrogen-bond acceptors (Lipinski definition) is 6. The third-order valence-electron chi connectivity index (χ3n) is 6.69. The largest absolute Gasteiger partial charge is 0.463 e. The van der Waals surface area contributed by atoms with Crippen molar-refractivity contribution in [3.05, 3.63) is 11.6 Å². The van der Waals surface area contributed by atoms with Gasteiger partial charge in [-0.1, -0.05) is 129 Å². The summed E-state index contributed by atoms with van der Waals surface area (Å²) in [6, 6.07) is 0. The van der Waals surface area contributed by atoms with Crippen molar-refractivity contribution in [2.24, 2.45) is 0 Å². The average molecular weight is 527 g/mol. The van der Waals surface area contributed by atoms with Gasteiger partial charge in [0.05, 0.1) is 25.9 Å². The topological polar surface area (TPSA) is 93.1 Å². The first-order valence-corrected chi connectivity index (χ1v) is 15.4. The van der Waals surface area contributed by atoms with Crippen LogP contribution in [0.5, 0.6) is 0 Å². The molecule has 0 aliphatic carbocycles. The van der Waals surface area contributed by atoms with Gasteiger partial charge in [0.15, 0.2) is 0 Å². The van der Waals surface area contributed by atoms with Crippen LogP contribution < -0.4 is 0 Å². The van der Waals surface area contributed by atoms with Gasteiger partial charge in [-0.05, 0) is 12.8 Å². The lowest BCUT2D eigenvalue weighted by Gasteiger charge is -2.11. The van der Waals surface area contributed by atoms with Gasteiger partial charge in [-0.15, -0.1) is 0 Å². The lowest BCUT2D eigenvalue weighted by molar-refractivity contribution is -0.142. The van der Waals surface area contributed by atoms with Gasteiger partial charge in [-0.25, -0.2) is 9.59 Å². The molecule has 0 aliphatic heterocycles. The minimum absolute atomic E-state index is 0.0432. The fourth-order valence-corrected chi connectivity index (χ4v) is 4.31. The molecule has 6 heteroatoms. The van der Waals surface area contributed by atoms with Crippen molar-refractivity contribution < 1.29 is 29.3 Å². The Morgan fingerprint density at radius 1 is 0.622 bits per heavy atom. The molecule has 0 saturated carbocycles. The molecule has 0 aromatic rings. The molecule has 0 spiro atoms. The van der Waals surface area contributed by atoms with E-state index in [-0.39, 0.29) is 18.6 Å². The molecule has 0 rings (SSSR count). The average Bonchev–Trinajstić information content (AvgIpc) is 2.89. The molecule has 2 N–H and O–H groups in total. The fourth-order valence-electron chi connectivity index (χ4n) is 4.31. The zero-order chi connectivity index (χ0) is 27.4. The Labute approximate surface area is 227 Å². The summed E-state index contributed by atoms with van der Waals surface area (Å²) in [6.45, 7) is 4.57. The molecule has 0 aromatic heterocycles. The summed E-state index contributed by atoms with van der Waals surface area (Å²) in [5.41, 5.74) is 0.0432.